The fourth-order valence-corrected chi connectivity index (χ4v) is 4.03. The summed E-state index contributed by atoms with van der Waals surface area (Å²) < 4.78 is 0. The van der Waals surface area contributed by atoms with Crippen LogP contribution in [0.25, 0.3) is 33.1 Å². The van der Waals surface area contributed by atoms with Gasteiger partial charge in [0.05, 0.1) is 11.4 Å². The molecule has 4 aromatic rings. The van der Waals surface area contributed by atoms with E-state index in [2.05, 4.69) is 30.9 Å². The third-order valence-corrected chi connectivity index (χ3v) is 5.45. The Morgan fingerprint density at radius 1 is 1.18 bits per heavy atom. The lowest BCUT2D eigenvalue weighted by Gasteiger charge is -2.32. The van der Waals surface area contributed by atoms with Gasteiger partial charge in [-0.1, -0.05) is 6.07 Å². The summed E-state index contributed by atoms with van der Waals surface area (Å²) in [6.45, 7) is 1.28. The summed E-state index contributed by atoms with van der Waals surface area (Å²) in [5, 5.41) is 11.4. The lowest BCUT2D eigenvalue weighted by Crippen LogP contribution is -2.39. The van der Waals surface area contributed by atoms with Gasteiger partial charge in [-0.2, -0.15) is 0 Å². The zero-order chi connectivity index (χ0) is 19.1. The molecule has 0 spiro atoms. The van der Waals surface area contributed by atoms with E-state index in [-0.39, 0.29) is 5.92 Å². The van der Waals surface area contributed by atoms with Crippen molar-refractivity contribution in [1.29, 1.82) is 0 Å². The maximum atomic E-state index is 11.5. The van der Waals surface area contributed by atoms with Crippen LogP contribution in [-0.4, -0.2) is 44.1 Å². The lowest BCUT2D eigenvalue weighted by atomic mass is 9.97. The van der Waals surface area contributed by atoms with Crippen LogP contribution < -0.4 is 4.90 Å². The van der Waals surface area contributed by atoms with Gasteiger partial charge in [0.15, 0.2) is 0 Å². The first-order chi connectivity index (χ1) is 13.7. The number of carbonyl (C=O) groups is 1. The number of aliphatic carboxylic acids is 1. The first-order valence-electron chi connectivity index (χ1n) is 9.36. The van der Waals surface area contributed by atoms with Crippen molar-refractivity contribution in [3.05, 3.63) is 49.1 Å². The van der Waals surface area contributed by atoms with Crippen molar-refractivity contribution in [1.82, 2.24) is 19.9 Å². The van der Waals surface area contributed by atoms with Crippen molar-refractivity contribution in [3.63, 3.8) is 0 Å². The van der Waals surface area contributed by atoms with Crippen LogP contribution >= 0.6 is 0 Å². The quantitative estimate of drug-likeness (QED) is 0.571. The molecule has 1 atom stereocenters. The number of nitrogens with zero attached hydrogens (tertiary/aromatic N) is 4. The van der Waals surface area contributed by atoms with Gasteiger partial charge in [0, 0.05) is 41.8 Å². The highest BCUT2D eigenvalue weighted by molar-refractivity contribution is 5.98. The molecule has 4 heterocycles. The van der Waals surface area contributed by atoms with Gasteiger partial charge in [-0.3, -0.25) is 4.79 Å². The molecule has 5 rings (SSSR count). The summed E-state index contributed by atoms with van der Waals surface area (Å²) in [7, 11) is 0. The Balaban J connectivity index is 1.61. The van der Waals surface area contributed by atoms with Crippen molar-refractivity contribution in [2.24, 2.45) is 5.92 Å². The van der Waals surface area contributed by atoms with Crippen LogP contribution in [0, 0.1) is 5.92 Å². The summed E-state index contributed by atoms with van der Waals surface area (Å²) >= 11 is 0. The minimum absolute atomic E-state index is 0.360. The van der Waals surface area contributed by atoms with Gasteiger partial charge in [-0.05, 0) is 42.7 Å². The zero-order valence-electron chi connectivity index (χ0n) is 15.2. The number of fused-ring (bicyclic) bond motifs is 2. The van der Waals surface area contributed by atoms with Crippen molar-refractivity contribution in [3.8, 4) is 11.1 Å². The molecular weight excluding hydrogens is 354 g/mol. The second-order valence-electron chi connectivity index (χ2n) is 7.15. The van der Waals surface area contributed by atoms with Crippen LogP contribution in [0.4, 0.5) is 5.82 Å². The van der Waals surface area contributed by atoms with Crippen LogP contribution in [-0.2, 0) is 4.79 Å². The molecule has 0 amide bonds. The number of carboxylic acid groups (broad SMARTS) is 1. The van der Waals surface area contributed by atoms with E-state index < -0.39 is 5.97 Å². The molecule has 7 nitrogen and oxygen atoms in total. The molecule has 140 valence electrons. The molecular formula is C21H19N5O2. The van der Waals surface area contributed by atoms with Gasteiger partial charge in [0.25, 0.3) is 0 Å². The highest BCUT2D eigenvalue weighted by Crippen LogP contribution is 2.33. The van der Waals surface area contributed by atoms with Gasteiger partial charge in [0.1, 0.15) is 17.8 Å². The number of carboxylic acids is 1. The molecule has 1 aliphatic heterocycles. The van der Waals surface area contributed by atoms with Crippen molar-refractivity contribution < 1.29 is 9.90 Å². The van der Waals surface area contributed by atoms with Crippen LogP contribution in [0.3, 0.4) is 0 Å². The average molecular weight is 373 g/mol. The SMILES string of the molecule is O=C(O)[C@@H]1CCCN(c2ncnc3ccc(-c4c[nH]c5ncccc45)cc23)C1. The second kappa shape index (κ2) is 6.60. The minimum Gasteiger partial charge on any atom is -0.481 e. The van der Waals surface area contributed by atoms with Crippen molar-refractivity contribution in [2.75, 3.05) is 18.0 Å². The van der Waals surface area contributed by atoms with Gasteiger partial charge in [-0.25, -0.2) is 15.0 Å². The maximum Gasteiger partial charge on any atom is 0.308 e. The number of benzene rings is 1. The number of pyridine rings is 1. The molecule has 0 aliphatic carbocycles. The van der Waals surface area contributed by atoms with E-state index in [1.807, 2.05) is 30.5 Å². The largest absolute Gasteiger partial charge is 0.481 e. The highest BCUT2D eigenvalue weighted by atomic mass is 16.4. The number of piperidine rings is 1. The highest BCUT2D eigenvalue weighted by Gasteiger charge is 2.27. The van der Waals surface area contributed by atoms with E-state index >= 15 is 0 Å². The Morgan fingerprint density at radius 2 is 2.11 bits per heavy atom. The third kappa shape index (κ3) is 2.76. The number of H-pyrrole nitrogens is 1. The number of rotatable bonds is 3. The van der Waals surface area contributed by atoms with E-state index in [4.69, 9.17) is 0 Å². The molecule has 0 saturated carbocycles. The first kappa shape index (κ1) is 16.7. The second-order valence-corrected chi connectivity index (χ2v) is 7.15. The minimum atomic E-state index is -0.741. The van der Waals surface area contributed by atoms with Crippen LogP contribution in [0.5, 0.6) is 0 Å². The van der Waals surface area contributed by atoms with Crippen LogP contribution in [0.1, 0.15) is 12.8 Å². The van der Waals surface area contributed by atoms with E-state index in [1.54, 1.807) is 12.5 Å². The van der Waals surface area contributed by atoms with Crippen LogP contribution in [0.2, 0.25) is 0 Å². The molecule has 0 unspecified atom stereocenters. The molecule has 2 N–H and O–H groups in total. The number of nitrogens with one attached hydrogen (secondary N) is 1. The summed E-state index contributed by atoms with van der Waals surface area (Å²) in [6, 6.07) is 10.1. The summed E-state index contributed by atoms with van der Waals surface area (Å²) in [5.41, 5.74) is 3.82. The monoisotopic (exact) mass is 373 g/mol. The molecule has 7 heteroatoms. The topological polar surface area (TPSA) is 95.0 Å². The molecule has 28 heavy (non-hydrogen) atoms. The Kier molecular flexibility index (Phi) is 3.93. The smallest absolute Gasteiger partial charge is 0.308 e. The summed E-state index contributed by atoms with van der Waals surface area (Å²) in [6.07, 6.45) is 6.84. The first-order valence-corrected chi connectivity index (χ1v) is 9.36. The standard InChI is InChI=1S/C21H19N5O2/c27-21(28)14-3-2-8-26(11-14)20-16-9-13(5-6-18(16)24-12-25-20)17-10-23-19-15(17)4-1-7-22-19/h1,4-7,9-10,12,14H,2-3,8,11H2,(H,22,23)(H,27,28)/t14-/m1/s1. The van der Waals surface area contributed by atoms with E-state index in [0.29, 0.717) is 13.0 Å². The Morgan fingerprint density at radius 3 is 3.00 bits per heavy atom. The molecule has 0 bridgehead atoms. The molecule has 0 radical (unpaired) electrons. The third-order valence-electron chi connectivity index (χ3n) is 5.45. The molecule has 1 aromatic carbocycles. The number of anilines is 1. The number of aromatic amines is 1. The van der Waals surface area contributed by atoms with Crippen molar-refractivity contribution in [2.45, 2.75) is 12.8 Å². The van der Waals surface area contributed by atoms with Gasteiger partial charge in [0.2, 0.25) is 0 Å². The Hall–Kier alpha value is -3.48. The average Bonchev–Trinajstić information content (AvgIpc) is 3.17. The number of aromatic nitrogens is 4. The maximum absolute atomic E-state index is 11.5. The fraction of sp³-hybridized carbons (Fsp3) is 0.238. The molecule has 3 aromatic heterocycles. The summed E-state index contributed by atoms with van der Waals surface area (Å²) in [4.78, 5) is 30.0. The predicted molar refractivity (Wildman–Crippen MR) is 107 cm³/mol. The van der Waals surface area contributed by atoms with Crippen LogP contribution in [0.15, 0.2) is 49.1 Å². The molecule has 1 aliphatic rings. The van der Waals surface area contributed by atoms with E-state index in [0.717, 1.165) is 51.8 Å². The fourth-order valence-electron chi connectivity index (χ4n) is 4.03. The summed E-state index contributed by atoms with van der Waals surface area (Å²) in [5.74, 6) is -0.299. The molecule has 1 fully saturated rings. The van der Waals surface area contributed by atoms with Gasteiger partial charge in [-0.15, -0.1) is 0 Å². The van der Waals surface area contributed by atoms with E-state index in [9.17, 15) is 9.90 Å². The number of hydrogen-bond donors (Lipinski definition) is 2. The Labute approximate surface area is 161 Å². The Bertz CT molecular complexity index is 1190. The van der Waals surface area contributed by atoms with Crippen molar-refractivity contribution >= 4 is 33.7 Å². The zero-order valence-corrected chi connectivity index (χ0v) is 15.2. The number of hydrogen-bond acceptors (Lipinski definition) is 5. The lowest BCUT2D eigenvalue weighted by molar-refractivity contribution is -0.141. The molecule has 1 saturated heterocycles. The normalized spacial score (nSPS) is 17.3. The van der Waals surface area contributed by atoms with E-state index in [1.165, 1.54) is 0 Å². The van der Waals surface area contributed by atoms with Gasteiger partial charge < -0.3 is 15.0 Å². The van der Waals surface area contributed by atoms with Gasteiger partial charge >= 0.3 is 5.97 Å². The predicted octanol–water partition coefficient (Wildman–Crippen LogP) is 3.47.